The number of benzene rings is 2. The van der Waals surface area contributed by atoms with Crippen molar-refractivity contribution in [3.63, 3.8) is 0 Å². The molecule has 0 amide bonds. The molecule has 0 aliphatic carbocycles. The average Bonchev–Trinajstić information content (AvgIpc) is 3.37. The van der Waals surface area contributed by atoms with E-state index >= 15 is 0 Å². The number of aromatic nitrogens is 4. The zero-order chi connectivity index (χ0) is 22.0. The Morgan fingerprint density at radius 3 is 2.61 bits per heavy atom. The standard InChI is InChI=1S/C22H20N6O3/c1-26-11-10-23-22(26)21(29)16-8-9-18(19(12-16)28(30)31)24-13-17-14-27(2)25-20(17)15-6-4-3-5-7-15/h3-12,14,24H,13H2,1-2H3. The smallest absolute Gasteiger partial charge is 0.293 e. The molecule has 2 aromatic heterocycles. The van der Waals surface area contributed by atoms with Gasteiger partial charge in [0.2, 0.25) is 5.78 Å². The third-order valence-electron chi connectivity index (χ3n) is 4.90. The largest absolute Gasteiger partial charge is 0.375 e. The van der Waals surface area contributed by atoms with Crippen molar-refractivity contribution in [3.8, 4) is 11.3 Å². The first-order valence-corrected chi connectivity index (χ1v) is 9.56. The topological polar surface area (TPSA) is 108 Å². The van der Waals surface area contributed by atoms with E-state index in [0.29, 0.717) is 12.2 Å². The Morgan fingerprint density at radius 2 is 1.94 bits per heavy atom. The van der Waals surface area contributed by atoms with Crippen LogP contribution in [0.5, 0.6) is 0 Å². The second-order valence-corrected chi connectivity index (χ2v) is 7.08. The molecule has 4 rings (SSSR count). The summed E-state index contributed by atoms with van der Waals surface area (Å²) in [5, 5.41) is 19.3. The van der Waals surface area contributed by atoms with Crippen molar-refractivity contribution in [3.05, 3.63) is 94.2 Å². The Bertz CT molecular complexity index is 1260. The van der Waals surface area contributed by atoms with Crippen LogP contribution in [0.3, 0.4) is 0 Å². The molecule has 0 radical (unpaired) electrons. The molecule has 31 heavy (non-hydrogen) atoms. The number of hydrogen-bond donors (Lipinski definition) is 1. The number of rotatable bonds is 7. The molecule has 0 fully saturated rings. The van der Waals surface area contributed by atoms with E-state index in [1.807, 2.05) is 43.6 Å². The Hall–Kier alpha value is -4.27. The van der Waals surface area contributed by atoms with Crippen molar-refractivity contribution < 1.29 is 9.72 Å². The van der Waals surface area contributed by atoms with Crippen LogP contribution >= 0.6 is 0 Å². The number of ketones is 1. The molecule has 0 bridgehead atoms. The maximum atomic E-state index is 12.7. The zero-order valence-corrected chi connectivity index (χ0v) is 17.0. The first-order valence-electron chi connectivity index (χ1n) is 9.56. The molecular weight excluding hydrogens is 396 g/mol. The number of nitrogens with zero attached hydrogens (tertiary/aromatic N) is 5. The van der Waals surface area contributed by atoms with Crippen LogP contribution < -0.4 is 5.32 Å². The van der Waals surface area contributed by atoms with Crippen LogP contribution in [0.2, 0.25) is 0 Å². The van der Waals surface area contributed by atoms with Crippen molar-refractivity contribution in [1.82, 2.24) is 19.3 Å². The second-order valence-electron chi connectivity index (χ2n) is 7.08. The van der Waals surface area contributed by atoms with Gasteiger partial charge in [0, 0.05) is 62.0 Å². The highest BCUT2D eigenvalue weighted by molar-refractivity contribution is 6.07. The number of nitro groups is 1. The normalized spacial score (nSPS) is 10.8. The number of anilines is 1. The molecule has 2 aromatic carbocycles. The van der Waals surface area contributed by atoms with Gasteiger partial charge < -0.3 is 9.88 Å². The molecule has 4 aromatic rings. The van der Waals surface area contributed by atoms with E-state index in [1.165, 1.54) is 12.3 Å². The van der Waals surface area contributed by atoms with Gasteiger partial charge in [0.05, 0.1) is 10.6 Å². The van der Waals surface area contributed by atoms with Gasteiger partial charge in [-0.05, 0) is 12.1 Å². The Morgan fingerprint density at radius 1 is 1.16 bits per heavy atom. The van der Waals surface area contributed by atoms with Crippen LogP contribution in [-0.4, -0.2) is 30.0 Å². The third kappa shape index (κ3) is 4.06. The van der Waals surface area contributed by atoms with Crippen molar-refractivity contribution in [2.75, 3.05) is 5.32 Å². The van der Waals surface area contributed by atoms with Crippen LogP contribution in [0.15, 0.2) is 67.1 Å². The van der Waals surface area contributed by atoms with Gasteiger partial charge in [0.25, 0.3) is 5.69 Å². The van der Waals surface area contributed by atoms with Gasteiger partial charge in [-0.25, -0.2) is 4.98 Å². The Labute approximate surface area is 178 Å². The van der Waals surface area contributed by atoms with Gasteiger partial charge in [-0.1, -0.05) is 30.3 Å². The molecule has 0 saturated heterocycles. The lowest BCUT2D eigenvalue weighted by Crippen LogP contribution is -2.10. The highest BCUT2D eigenvalue weighted by Gasteiger charge is 2.21. The van der Waals surface area contributed by atoms with E-state index in [4.69, 9.17) is 0 Å². The molecule has 1 N–H and O–H groups in total. The lowest BCUT2D eigenvalue weighted by atomic mass is 10.1. The van der Waals surface area contributed by atoms with Crippen molar-refractivity contribution in [1.29, 1.82) is 0 Å². The summed E-state index contributed by atoms with van der Waals surface area (Å²) in [5.74, 6) is -0.154. The zero-order valence-electron chi connectivity index (χ0n) is 17.0. The Kier molecular flexibility index (Phi) is 5.31. The van der Waals surface area contributed by atoms with E-state index in [0.717, 1.165) is 16.8 Å². The summed E-state index contributed by atoms with van der Waals surface area (Å²) in [7, 11) is 3.53. The summed E-state index contributed by atoms with van der Waals surface area (Å²) in [6.07, 6.45) is 5.03. The van der Waals surface area contributed by atoms with Gasteiger partial charge in [0.15, 0.2) is 5.82 Å². The van der Waals surface area contributed by atoms with Gasteiger partial charge in [-0.3, -0.25) is 19.6 Å². The van der Waals surface area contributed by atoms with E-state index in [-0.39, 0.29) is 22.9 Å². The third-order valence-corrected chi connectivity index (χ3v) is 4.90. The van der Waals surface area contributed by atoms with Gasteiger partial charge in [-0.2, -0.15) is 5.10 Å². The lowest BCUT2D eigenvalue weighted by molar-refractivity contribution is -0.384. The predicted molar refractivity (Wildman–Crippen MR) is 116 cm³/mol. The molecule has 2 heterocycles. The number of imidazole rings is 1. The molecular formula is C22H20N6O3. The maximum Gasteiger partial charge on any atom is 0.293 e. The number of aryl methyl sites for hydroxylation is 2. The Balaban J connectivity index is 1.61. The number of nitro benzene ring substituents is 1. The lowest BCUT2D eigenvalue weighted by Gasteiger charge is -2.09. The second kappa shape index (κ2) is 8.23. The summed E-state index contributed by atoms with van der Waals surface area (Å²) in [5.41, 5.74) is 3.02. The number of hydrogen-bond acceptors (Lipinski definition) is 6. The van der Waals surface area contributed by atoms with E-state index in [9.17, 15) is 14.9 Å². The first kappa shape index (κ1) is 20.0. The summed E-state index contributed by atoms with van der Waals surface area (Å²) in [6.45, 7) is 0.339. The van der Waals surface area contributed by atoms with Crippen molar-refractivity contribution in [2.24, 2.45) is 14.1 Å². The molecule has 0 unspecified atom stereocenters. The van der Waals surface area contributed by atoms with Crippen LogP contribution in [0.25, 0.3) is 11.3 Å². The molecule has 0 aliphatic heterocycles. The highest BCUT2D eigenvalue weighted by Crippen LogP contribution is 2.28. The SMILES string of the molecule is Cn1cc(CNc2ccc(C(=O)c3nccn3C)cc2[N+](=O)[O-])c(-c2ccccc2)n1. The number of carbonyl (C=O) groups is 1. The highest BCUT2D eigenvalue weighted by atomic mass is 16.6. The average molecular weight is 416 g/mol. The fourth-order valence-electron chi connectivity index (χ4n) is 3.38. The minimum Gasteiger partial charge on any atom is -0.375 e. The van der Waals surface area contributed by atoms with Crippen LogP contribution in [0.1, 0.15) is 21.7 Å². The molecule has 156 valence electrons. The summed E-state index contributed by atoms with van der Waals surface area (Å²) >= 11 is 0. The molecule has 9 heteroatoms. The molecule has 9 nitrogen and oxygen atoms in total. The fourth-order valence-corrected chi connectivity index (χ4v) is 3.38. The van der Waals surface area contributed by atoms with Crippen molar-refractivity contribution >= 4 is 17.2 Å². The van der Waals surface area contributed by atoms with E-state index < -0.39 is 4.92 Å². The minimum absolute atomic E-state index is 0.176. The first-order chi connectivity index (χ1) is 14.9. The van der Waals surface area contributed by atoms with Gasteiger partial charge in [-0.15, -0.1) is 0 Å². The number of nitrogens with one attached hydrogen (secondary N) is 1. The van der Waals surface area contributed by atoms with Crippen molar-refractivity contribution in [2.45, 2.75) is 6.54 Å². The molecule has 0 aliphatic rings. The van der Waals surface area contributed by atoms with Crippen LogP contribution in [-0.2, 0) is 20.6 Å². The minimum atomic E-state index is -0.501. The maximum absolute atomic E-state index is 12.7. The predicted octanol–water partition coefficient (Wildman–Crippen LogP) is 3.57. The van der Waals surface area contributed by atoms with Gasteiger partial charge >= 0.3 is 0 Å². The summed E-state index contributed by atoms with van der Waals surface area (Å²) < 4.78 is 3.29. The van der Waals surface area contributed by atoms with E-state index in [2.05, 4.69) is 15.4 Å². The fraction of sp³-hybridized carbons (Fsp3) is 0.136. The molecule has 0 saturated carbocycles. The summed E-state index contributed by atoms with van der Waals surface area (Å²) in [6, 6.07) is 14.1. The quantitative estimate of drug-likeness (QED) is 0.280. The van der Waals surface area contributed by atoms with Gasteiger partial charge in [0.1, 0.15) is 5.69 Å². The number of carbonyl (C=O) groups excluding carboxylic acids is 1. The molecule has 0 atom stereocenters. The summed E-state index contributed by atoms with van der Waals surface area (Å²) in [4.78, 5) is 27.9. The monoisotopic (exact) mass is 416 g/mol. The van der Waals surface area contributed by atoms with E-state index in [1.54, 1.807) is 34.6 Å². The molecule has 0 spiro atoms. The van der Waals surface area contributed by atoms with Crippen LogP contribution in [0.4, 0.5) is 11.4 Å². The van der Waals surface area contributed by atoms with Crippen LogP contribution in [0, 0.1) is 10.1 Å².